The average molecular weight is 402 g/mol. The molecule has 0 bridgehead atoms. The molecule has 7 nitrogen and oxygen atoms in total. The van der Waals surface area contributed by atoms with E-state index < -0.39 is 0 Å². The summed E-state index contributed by atoms with van der Waals surface area (Å²) in [4.78, 5) is 28.6. The first kappa shape index (κ1) is 17.5. The number of hydrogen-bond acceptors (Lipinski definition) is 4. The summed E-state index contributed by atoms with van der Waals surface area (Å²) in [6.07, 6.45) is 0.211. The summed E-state index contributed by atoms with van der Waals surface area (Å²) in [6, 6.07) is 13.3. The van der Waals surface area contributed by atoms with Crippen LogP contribution in [0.5, 0.6) is 0 Å². The zero-order valence-corrected chi connectivity index (χ0v) is 15.3. The molecule has 0 spiro atoms. The van der Waals surface area contributed by atoms with Crippen LogP contribution in [0.4, 0.5) is 11.9 Å². The van der Waals surface area contributed by atoms with Crippen molar-refractivity contribution in [2.45, 2.75) is 12.5 Å². The van der Waals surface area contributed by atoms with E-state index in [0.29, 0.717) is 15.6 Å². The number of benzene rings is 2. The zero-order valence-electron chi connectivity index (χ0n) is 13.8. The molecular formula is C18H13Cl2N5O2. The predicted octanol–water partition coefficient (Wildman–Crippen LogP) is 3.77. The number of aromatic nitrogens is 3. The van der Waals surface area contributed by atoms with Crippen LogP contribution >= 0.6 is 23.2 Å². The fourth-order valence-electron chi connectivity index (χ4n) is 2.84. The Kier molecular flexibility index (Phi) is 4.55. The van der Waals surface area contributed by atoms with E-state index in [9.17, 15) is 9.59 Å². The van der Waals surface area contributed by atoms with Crippen molar-refractivity contribution in [1.82, 2.24) is 14.8 Å². The van der Waals surface area contributed by atoms with Crippen molar-refractivity contribution < 1.29 is 9.59 Å². The summed E-state index contributed by atoms with van der Waals surface area (Å²) in [5.74, 6) is -0.168. The van der Waals surface area contributed by atoms with Gasteiger partial charge in [0, 0.05) is 15.6 Å². The number of carbonyl (C=O) groups is 2. The van der Waals surface area contributed by atoms with Crippen molar-refractivity contribution in [3.05, 3.63) is 69.7 Å². The van der Waals surface area contributed by atoms with Crippen LogP contribution in [0.15, 0.2) is 48.5 Å². The smallest absolute Gasteiger partial charge is 0.258 e. The van der Waals surface area contributed by atoms with Crippen LogP contribution in [0.3, 0.4) is 0 Å². The van der Waals surface area contributed by atoms with Gasteiger partial charge in [0.15, 0.2) is 0 Å². The number of amides is 2. The van der Waals surface area contributed by atoms with Gasteiger partial charge in [-0.05, 0) is 42.0 Å². The minimum atomic E-state index is -0.371. The van der Waals surface area contributed by atoms with Crippen LogP contribution in [-0.4, -0.2) is 26.6 Å². The molecule has 2 heterocycles. The Hall–Kier alpha value is -2.90. The summed E-state index contributed by atoms with van der Waals surface area (Å²) in [6.45, 7) is 0. The Labute approximate surface area is 164 Å². The largest absolute Gasteiger partial charge is 0.295 e. The van der Waals surface area contributed by atoms with Crippen LogP contribution in [0, 0.1) is 0 Å². The monoisotopic (exact) mass is 401 g/mol. The Morgan fingerprint density at radius 2 is 1.70 bits per heavy atom. The highest BCUT2D eigenvalue weighted by Gasteiger charge is 2.29. The number of halogens is 2. The minimum absolute atomic E-state index is 0.103. The Bertz CT molecular complexity index is 1020. The average Bonchev–Trinajstić information content (AvgIpc) is 3.04. The lowest BCUT2D eigenvalue weighted by atomic mass is 10.0. The highest BCUT2D eigenvalue weighted by molar-refractivity contribution is 6.30. The molecule has 1 atom stereocenters. The summed E-state index contributed by atoms with van der Waals surface area (Å²) in [5.41, 5.74) is 1.29. The number of nitrogens with zero attached hydrogens (tertiary/aromatic N) is 3. The third kappa shape index (κ3) is 3.65. The molecule has 2 amide bonds. The van der Waals surface area contributed by atoms with E-state index >= 15 is 0 Å². The van der Waals surface area contributed by atoms with Gasteiger partial charge in [0.1, 0.15) is 0 Å². The normalized spacial score (nSPS) is 15.8. The maximum Gasteiger partial charge on any atom is 0.258 e. The standard InChI is InChI=1S/C18H13Cl2N5O2/c19-12-5-1-10(2-6-12)14-9-15(26)21-18-23-17(24-25(14)18)22-16(27)11-3-7-13(20)8-4-11/h1-8,14H,9H2,(H2,21,22,23,24,26,27)/t14-/m1/s1. The minimum Gasteiger partial charge on any atom is -0.295 e. The van der Waals surface area contributed by atoms with Crippen molar-refractivity contribution in [2.75, 3.05) is 10.6 Å². The fraction of sp³-hybridized carbons (Fsp3) is 0.111. The van der Waals surface area contributed by atoms with Crippen molar-refractivity contribution in [3.8, 4) is 0 Å². The molecule has 1 aliphatic heterocycles. The molecule has 0 fully saturated rings. The van der Waals surface area contributed by atoms with Gasteiger partial charge < -0.3 is 0 Å². The van der Waals surface area contributed by atoms with Gasteiger partial charge in [-0.3, -0.25) is 20.2 Å². The van der Waals surface area contributed by atoms with Crippen molar-refractivity contribution in [1.29, 1.82) is 0 Å². The first-order chi connectivity index (χ1) is 13.0. The molecule has 0 unspecified atom stereocenters. The number of anilines is 2. The lowest BCUT2D eigenvalue weighted by Gasteiger charge is -2.23. The lowest BCUT2D eigenvalue weighted by Crippen LogP contribution is -2.29. The SMILES string of the molecule is O=C1C[C@H](c2ccc(Cl)cc2)n2nc(NC(=O)c3ccc(Cl)cc3)nc2N1. The molecule has 0 aliphatic carbocycles. The molecule has 1 aliphatic rings. The van der Waals surface area contributed by atoms with E-state index in [1.54, 1.807) is 41.1 Å². The van der Waals surface area contributed by atoms with Crippen LogP contribution in [0.2, 0.25) is 10.0 Å². The number of carbonyl (C=O) groups excluding carboxylic acids is 2. The molecule has 3 aromatic rings. The summed E-state index contributed by atoms with van der Waals surface area (Å²) in [5, 5.41) is 10.8. The highest BCUT2D eigenvalue weighted by Crippen LogP contribution is 2.30. The van der Waals surface area contributed by atoms with Gasteiger partial charge in [-0.25, -0.2) is 4.68 Å². The fourth-order valence-corrected chi connectivity index (χ4v) is 3.09. The van der Waals surface area contributed by atoms with Gasteiger partial charge in [-0.2, -0.15) is 4.98 Å². The molecular weight excluding hydrogens is 389 g/mol. The second-order valence-corrected chi connectivity index (χ2v) is 6.86. The third-order valence-electron chi connectivity index (χ3n) is 4.14. The van der Waals surface area contributed by atoms with Crippen molar-refractivity contribution in [2.24, 2.45) is 0 Å². The van der Waals surface area contributed by atoms with E-state index in [1.165, 1.54) is 0 Å². The van der Waals surface area contributed by atoms with E-state index in [1.807, 2.05) is 12.1 Å². The van der Waals surface area contributed by atoms with Crippen LogP contribution < -0.4 is 10.6 Å². The summed E-state index contributed by atoms with van der Waals surface area (Å²) >= 11 is 11.8. The van der Waals surface area contributed by atoms with E-state index in [-0.39, 0.29) is 36.2 Å². The van der Waals surface area contributed by atoms with Crippen molar-refractivity contribution >= 4 is 46.9 Å². The first-order valence-electron chi connectivity index (χ1n) is 8.08. The number of nitrogens with one attached hydrogen (secondary N) is 2. The highest BCUT2D eigenvalue weighted by atomic mass is 35.5. The molecule has 2 N–H and O–H groups in total. The van der Waals surface area contributed by atoms with Crippen molar-refractivity contribution in [3.63, 3.8) is 0 Å². The van der Waals surface area contributed by atoms with Gasteiger partial charge in [-0.1, -0.05) is 35.3 Å². The number of fused-ring (bicyclic) bond motifs is 1. The lowest BCUT2D eigenvalue weighted by molar-refractivity contribution is -0.117. The van der Waals surface area contributed by atoms with Gasteiger partial charge in [0.25, 0.3) is 11.9 Å². The molecule has 27 heavy (non-hydrogen) atoms. The number of hydrogen-bond donors (Lipinski definition) is 2. The van der Waals surface area contributed by atoms with Crippen LogP contribution in [0.25, 0.3) is 0 Å². The molecule has 1 aromatic heterocycles. The summed E-state index contributed by atoms with van der Waals surface area (Å²) < 4.78 is 1.59. The topological polar surface area (TPSA) is 88.9 Å². The van der Waals surface area contributed by atoms with Gasteiger partial charge in [0.2, 0.25) is 11.9 Å². The maximum atomic E-state index is 12.3. The maximum absolute atomic E-state index is 12.3. The Balaban J connectivity index is 1.61. The third-order valence-corrected chi connectivity index (χ3v) is 4.65. The quantitative estimate of drug-likeness (QED) is 0.698. The predicted molar refractivity (Wildman–Crippen MR) is 102 cm³/mol. The van der Waals surface area contributed by atoms with E-state index in [4.69, 9.17) is 23.2 Å². The van der Waals surface area contributed by atoms with Crippen LogP contribution in [0.1, 0.15) is 28.4 Å². The van der Waals surface area contributed by atoms with Gasteiger partial charge in [0.05, 0.1) is 12.5 Å². The number of rotatable bonds is 3. The molecule has 9 heteroatoms. The van der Waals surface area contributed by atoms with E-state index in [2.05, 4.69) is 20.7 Å². The molecule has 2 aromatic carbocycles. The molecule has 0 saturated carbocycles. The van der Waals surface area contributed by atoms with E-state index in [0.717, 1.165) is 5.56 Å². The Morgan fingerprint density at radius 1 is 1.07 bits per heavy atom. The Morgan fingerprint density at radius 3 is 2.37 bits per heavy atom. The molecule has 0 radical (unpaired) electrons. The zero-order chi connectivity index (χ0) is 19.0. The molecule has 4 rings (SSSR count). The first-order valence-corrected chi connectivity index (χ1v) is 8.84. The van der Waals surface area contributed by atoms with Gasteiger partial charge >= 0.3 is 0 Å². The molecule has 136 valence electrons. The van der Waals surface area contributed by atoms with Gasteiger partial charge in [-0.15, -0.1) is 5.10 Å². The second-order valence-electron chi connectivity index (χ2n) is 5.98. The van der Waals surface area contributed by atoms with Crippen LogP contribution in [-0.2, 0) is 4.79 Å². The molecule has 0 saturated heterocycles. The second kappa shape index (κ2) is 7.02. The summed E-state index contributed by atoms with van der Waals surface area (Å²) in [7, 11) is 0.